The van der Waals surface area contributed by atoms with Crippen LogP contribution in [-0.2, 0) is 13.0 Å². The number of nitrogens with zero attached hydrogens (tertiary/aromatic N) is 2. The molecule has 0 saturated heterocycles. The second-order valence-electron chi connectivity index (χ2n) is 5.89. The van der Waals surface area contributed by atoms with Gasteiger partial charge in [0.15, 0.2) is 5.16 Å². The third kappa shape index (κ3) is 3.18. The minimum atomic E-state index is 0. The predicted octanol–water partition coefficient (Wildman–Crippen LogP) is 2.94. The molecule has 4 rings (SSSR count). The van der Waals surface area contributed by atoms with Crippen LogP contribution in [0.15, 0.2) is 40.3 Å². The van der Waals surface area contributed by atoms with Crippen molar-refractivity contribution in [1.82, 2.24) is 14.9 Å². The Balaban J connectivity index is 0.00000156. The predicted molar refractivity (Wildman–Crippen MR) is 96.0 cm³/mol. The smallest absolute Gasteiger partial charge is 0.263 e. The molecular formula is C17H20ClN3OS. The molecule has 1 aliphatic carbocycles. The molecule has 2 aromatic rings. The standard InChI is InChI=1S/C17H19N3OS.ClH/c21-16-14-11-18-10-9-15(14)19-17(22-13-7-4-8-13)20(16)12-5-2-1-3-6-12;/h1-3,5-6,13,18H,4,7-11H2;1H. The van der Waals surface area contributed by atoms with Gasteiger partial charge in [0.05, 0.1) is 16.9 Å². The van der Waals surface area contributed by atoms with E-state index in [9.17, 15) is 4.79 Å². The van der Waals surface area contributed by atoms with E-state index in [1.54, 1.807) is 16.3 Å². The molecule has 6 heteroatoms. The van der Waals surface area contributed by atoms with Crippen LogP contribution in [0.1, 0.15) is 30.5 Å². The summed E-state index contributed by atoms with van der Waals surface area (Å²) in [5.41, 5.74) is 2.81. The summed E-state index contributed by atoms with van der Waals surface area (Å²) in [4.78, 5) is 17.9. The summed E-state index contributed by atoms with van der Waals surface area (Å²) in [5.74, 6) is 0. The quantitative estimate of drug-likeness (QED) is 0.865. The Morgan fingerprint density at radius 3 is 2.70 bits per heavy atom. The molecule has 2 heterocycles. The number of thioether (sulfide) groups is 1. The molecule has 1 saturated carbocycles. The highest BCUT2D eigenvalue weighted by atomic mass is 35.5. The average Bonchev–Trinajstić information content (AvgIpc) is 2.52. The van der Waals surface area contributed by atoms with Gasteiger partial charge in [-0.1, -0.05) is 36.4 Å². The lowest BCUT2D eigenvalue weighted by atomic mass is 10.0. The van der Waals surface area contributed by atoms with Crippen molar-refractivity contribution in [2.45, 2.75) is 42.6 Å². The maximum absolute atomic E-state index is 13.0. The zero-order valence-electron chi connectivity index (χ0n) is 12.8. The van der Waals surface area contributed by atoms with E-state index in [0.717, 1.165) is 35.1 Å². The number of nitrogens with one attached hydrogen (secondary N) is 1. The fourth-order valence-corrected chi connectivity index (χ4v) is 4.23. The third-order valence-corrected chi connectivity index (χ3v) is 5.70. The highest BCUT2D eigenvalue weighted by molar-refractivity contribution is 7.99. The highest BCUT2D eigenvalue weighted by Crippen LogP contribution is 2.36. The number of hydrogen-bond acceptors (Lipinski definition) is 4. The number of aromatic nitrogens is 2. The van der Waals surface area contributed by atoms with Crippen LogP contribution in [-0.4, -0.2) is 21.3 Å². The Bertz CT molecular complexity index is 743. The van der Waals surface area contributed by atoms with Crippen LogP contribution in [0.3, 0.4) is 0 Å². The second-order valence-corrected chi connectivity index (χ2v) is 7.16. The number of rotatable bonds is 3. The lowest BCUT2D eigenvalue weighted by Gasteiger charge is -2.26. The number of hydrogen-bond donors (Lipinski definition) is 1. The summed E-state index contributed by atoms with van der Waals surface area (Å²) >= 11 is 1.77. The zero-order chi connectivity index (χ0) is 14.9. The van der Waals surface area contributed by atoms with Crippen molar-refractivity contribution >= 4 is 24.2 Å². The van der Waals surface area contributed by atoms with E-state index in [2.05, 4.69) is 5.32 Å². The average molecular weight is 350 g/mol. The summed E-state index contributed by atoms with van der Waals surface area (Å²) in [7, 11) is 0. The molecule has 1 aliphatic heterocycles. The molecule has 23 heavy (non-hydrogen) atoms. The maximum Gasteiger partial charge on any atom is 0.263 e. The molecule has 0 unspecified atom stereocenters. The van der Waals surface area contributed by atoms with Crippen molar-refractivity contribution < 1.29 is 0 Å². The SMILES string of the molecule is Cl.O=c1c2c(nc(SC3CCC3)n1-c1ccccc1)CCNC2. The second kappa shape index (κ2) is 7.07. The molecule has 1 aromatic carbocycles. The maximum atomic E-state index is 13.0. The Morgan fingerprint density at radius 2 is 2.00 bits per heavy atom. The molecule has 0 radical (unpaired) electrons. The van der Waals surface area contributed by atoms with E-state index < -0.39 is 0 Å². The Hall–Kier alpha value is -1.30. The van der Waals surface area contributed by atoms with Gasteiger partial charge < -0.3 is 5.32 Å². The summed E-state index contributed by atoms with van der Waals surface area (Å²) in [6, 6.07) is 9.88. The topological polar surface area (TPSA) is 46.9 Å². The molecule has 2 aliphatic rings. The normalized spacial score (nSPS) is 17.0. The van der Waals surface area contributed by atoms with Crippen LogP contribution in [0.4, 0.5) is 0 Å². The van der Waals surface area contributed by atoms with Crippen molar-refractivity contribution in [3.63, 3.8) is 0 Å². The van der Waals surface area contributed by atoms with Crippen molar-refractivity contribution in [3.05, 3.63) is 51.9 Å². The Labute approximate surface area is 146 Å². The van der Waals surface area contributed by atoms with Crippen molar-refractivity contribution in [1.29, 1.82) is 0 Å². The van der Waals surface area contributed by atoms with Gasteiger partial charge >= 0.3 is 0 Å². The first-order chi connectivity index (χ1) is 10.8. The van der Waals surface area contributed by atoms with Crippen molar-refractivity contribution in [2.24, 2.45) is 0 Å². The largest absolute Gasteiger partial charge is 0.312 e. The van der Waals surface area contributed by atoms with Gasteiger partial charge in [-0.05, 0) is 25.0 Å². The fraction of sp³-hybridized carbons (Fsp3) is 0.412. The summed E-state index contributed by atoms with van der Waals surface area (Å²) in [6.07, 6.45) is 4.60. The molecule has 1 fully saturated rings. The van der Waals surface area contributed by atoms with Gasteiger partial charge in [-0.3, -0.25) is 9.36 Å². The van der Waals surface area contributed by atoms with Crippen molar-refractivity contribution in [2.75, 3.05) is 6.54 Å². The molecule has 0 spiro atoms. The van der Waals surface area contributed by atoms with Crippen molar-refractivity contribution in [3.8, 4) is 5.69 Å². The lowest BCUT2D eigenvalue weighted by molar-refractivity contribution is 0.518. The van der Waals surface area contributed by atoms with E-state index in [0.29, 0.717) is 11.8 Å². The van der Waals surface area contributed by atoms with Crippen LogP contribution < -0.4 is 10.9 Å². The molecule has 122 valence electrons. The summed E-state index contributed by atoms with van der Waals surface area (Å²) in [6.45, 7) is 1.53. The number of para-hydroxylation sites is 1. The van der Waals surface area contributed by atoms with Gasteiger partial charge in [0.1, 0.15) is 0 Å². The van der Waals surface area contributed by atoms with Gasteiger partial charge in [0.25, 0.3) is 5.56 Å². The van der Waals surface area contributed by atoms with E-state index in [-0.39, 0.29) is 18.0 Å². The number of halogens is 1. The first-order valence-corrected chi connectivity index (χ1v) is 8.78. The fourth-order valence-electron chi connectivity index (χ4n) is 2.90. The van der Waals surface area contributed by atoms with Gasteiger partial charge in [-0.25, -0.2) is 4.98 Å². The van der Waals surface area contributed by atoms with Crippen LogP contribution in [0.2, 0.25) is 0 Å². The summed E-state index contributed by atoms with van der Waals surface area (Å²) < 4.78 is 1.80. The Kier molecular flexibility index (Phi) is 5.09. The highest BCUT2D eigenvalue weighted by Gasteiger charge is 2.25. The van der Waals surface area contributed by atoms with E-state index in [4.69, 9.17) is 4.98 Å². The third-order valence-electron chi connectivity index (χ3n) is 4.41. The molecule has 4 nitrogen and oxygen atoms in total. The van der Waals surface area contributed by atoms with Crippen LogP contribution in [0.5, 0.6) is 0 Å². The monoisotopic (exact) mass is 349 g/mol. The van der Waals surface area contributed by atoms with Crippen LogP contribution >= 0.6 is 24.2 Å². The zero-order valence-corrected chi connectivity index (χ0v) is 14.5. The van der Waals surface area contributed by atoms with Crippen LogP contribution in [0, 0.1) is 0 Å². The van der Waals surface area contributed by atoms with Gasteiger partial charge in [-0.15, -0.1) is 12.4 Å². The molecule has 1 aromatic heterocycles. The molecule has 1 N–H and O–H groups in total. The van der Waals surface area contributed by atoms with E-state index in [1.807, 2.05) is 30.3 Å². The molecule has 0 bridgehead atoms. The van der Waals surface area contributed by atoms with Gasteiger partial charge in [0.2, 0.25) is 0 Å². The minimum absolute atomic E-state index is 0. The first-order valence-electron chi connectivity index (χ1n) is 7.90. The number of fused-ring (bicyclic) bond motifs is 1. The van der Waals surface area contributed by atoms with Crippen LogP contribution in [0.25, 0.3) is 5.69 Å². The molecule has 0 amide bonds. The van der Waals surface area contributed by atoms with E-state index in [1.165, 1.54) is 19.3 Å². The minimum Gasteiger partial charge on any atom is -0.312 e. The summed E-state index contributed by atoms with van der Waals surface area (Å²) in [5, 5.41) is 4.76. The number of benzene rings is 1. The lowest BCUT2D eigenvalue weighted by Crippen LogP contribution is -2.35. The van der Waals surface area contributed by atoms with Gasteiger partial charge in [-0.2, -0.15) is 0 Å². The first kappa shape index (κ1) is 16.6. The van der Waals surface area contributed by atoms with Gasteiger partial charge in [0, 0.05) is 24.8 Å². The molecule has 0 atom stereocenters. The Morgan fingerprint density at radius 1 is 1.22 bits per heavy atom. The molecular weight excluding hydrogens is 330 g/mol. The van der Waals surface area contributed by atoms with E-state index >= 15 is 0 Å².